The Labute approximate surface area is 130 Å². The fourth-order valence-electron chi connectivity index (χ4n) is 2.66. The molecule has 0 aliphatic rings. The molecule has 0 aliphatic heterocycles. The Bertz CT molecular complexity index is 564. The highest BCUT2D eigenvalue weighted by molar-refractivity contribution is 9.09. The van der Waals surface area contributed by atoms with Gasteiger partial charge < -0.3 is 4.74 Å². The average Bonchev–Trinajstić information content (AvgIpc) is 2.38. The van der Waals surface area contributed by atoms with Crippen molar-refractivity contribution in [2.24, 2.45) is 0 Å². The number of rotatable bonds is 4. The molecule has 0 amide bonds. The number of halogens is 1. The van der Waals surface area contributed by atoms with Gasteiger partial charge in [-0.05, 0) is 62.1 Å². The molecule has 0 spiro atoms. The third kappa shape index (κ3) is 3.24. The second kappa shape index (κ2) is 6.45. The van der Waals surface area contributed by atoms with Crippen molar-refractivity contribution < 1.29 is 4.74 Å². The molecular formula is C18H21BrO. The lowest BCUT2D eigenvalue weighted by atomic mass is 9.94. The molecule has 2 aromatic carbocycles. The zero-order valence-corrected chi connectivity index (χ0v) is 14.1. The van der Waals surface area contributed by atoms with Gasteiger partial charge in [0.25, 0.3) is 0 Å². The van der Waals surface area contributed by atoms with Crippen molar-refractivity contribution in [2.75, 3.05) is 6.61 Å². The maximum atomic E-state index is 5.49. The van der Waals surface area contributed by atoms with Gasteiger partial charge in [-0.2, -0.15) is 0 Å². The van der Waals surface area contributed by atoms with E-state index in [0.717, 1.165) is 5.75 Å². The minimum atomic E-state index is 0.221. The van der Waals surface area contributed by atoms with Crippen molar-refractivity contribution in [1.82, 2.24) is 0 Å². The highest BCUT2D eigenvalue weighted by atomic mass is 79.9. The van der Waals surface area contributed by atoms with Crippen LogP contribution in [0.25, 0.3) is 0 Å². The van der Waals surface area contributed by atoms with Gasteiger partial charge in [-0.25, -0.2) is 0 Å². The van der Waals surface area contributed by atoms with Crippen molar-refractivity contribution in [3.05, 3.63) is 64.2 Å². The van der Waals surface area contributed by atoms with E-state index in [1.165, 1.54) is 27.8 Å². The molecule has 0 radical (unpaired) electrons. The minimum Gasteiger partial charge on any atom is -0.494 e. The molecule has 2 rings (SSSR count). The lowest BCUT2D eigenvalue weighted by Gasteiger charge is -2.18. The summed E-state index contributed by atoms with van der Waals surface area (Å²) in [6.45, 7) is 9.20. The number of ether oxygens (including phenoxy) is 1. The monoisotopic (exact) mass is 332 g/mol. The van der Waals surface area contributed by atoms with Crippen LogP contribution >= 0.6 is 15.9 Å². The highest BCUT2D eigenvalue weighted by Crippen LogP contribution is 2.36. The zero-order valence-electron chi connectivity index (χ0n) is 12.5. The van der Waals surface area contributed by atoms with Crippen LogP contribution in [-0.2, 0) is 0 Å². The first kappa shape index (κ1) is 15.1. The summed E-state index contributed by atoms with van der Waals surface area (Å²) in [6.07, 6.45) is 0. The predicted octanol–water partition coefficient (Wildman–Crippen LogP) is 5.49. The number of benzene rings is 2. The third-order valence-corrected chi connectivity index (χ3v) is 4.46. The van der Waals surface area contributed by atoms with E-state index in [0.29, 0.717) is 6.61 Å². The molecule has 2 aromatic rings. The standard InChI is InChI=1S/C18H21BrO/c1-5-20-16-8-6-15(7-9-16)18(19)17-13(3)10-12(2)11-14(17)4/h6-11,18H,5H2,1-4H3. The number of aryl methyl sites for hydroxylation is 3. The minimum absolute atomic E-state index is 0.221. The van der Waals surface area contributed by atoms with E-state index >= 15 is 0 Å². The molecule has 0 aliphatic carbocycles. The predicted molar refractivity (Wildman–Crippen MR) is 89.0 cm³/mol. The van der Waals surface area contributed by atoms with E-state index in [2.05, 4.69) is 61.0 Å². The van der Waals surface area contributed by atoms with Crippen molar-refractivity contribution in [1.29, 1.82) is 0 Å². The lowest BCUT2D eigenvalue weighted by Crippen LogP contribution is -2.00. The SMILES string of the molecule is CCOc1ccc(C(Br)c2c(C)cc(C)cc2C)cc1. The van der Waals surface area contributed by atoms with Crippen LogP contribution in [-0.4, -0.2) is 6.61 Å². The quantitative estimate of drug-likeness (QED) is 0.672. The number of hydrogen-bond donors (Lipinski definition) is 0. The van der Waals surface area contributed by atoms with Crippen LogP contribution in [0.15, 0.2) is 36.4 Å². The third-order valence-electron chi connectivity index (χ3n) is 3.48. The van der Waals surface area contributed by atoms with E-state index in [9.17, 15) is 0 Å². The van der Waals surface area contributed by atoms with Crippen LogP contribution in [0.4, 0.5) is 0 Å². The average molecular weight is 333 g/mol. The summed E-state index contributed by atoms with van der Waals surface area (Å²) in [4.78, 5) is 0.221. The van der Waals surface area contributed by atoms with E-state index in [1.54, 1.807) is 0 Å². The summed E-state index contributed by atoms with van der Waals surface area (Å²) in [6, 6.07) is 12.8. The molecule has 0 aromatic heterocycles. The van der Waals surface area contributed by atoms with Gasteiger partial charge in [0, 0.05) is 0 Å². The van der Waals surface area contributed by atoms with Gasteiger partial charge in [0.05, 0.1) is 11.4 Å². The van der Waals surface area contributed by atoms with Gasteiger partial charge in [0.2, 0.25) is 0 Å². The van der Waals surface area contributed by atoms with Crippen LogP contribution in [0.5, 0.6) is 5.75 Å². The van der Waals surface area contributed by atoms with Crippen LogP contribution in [0.3, 0.4) is 0 Å². The summed E-state index contributed by atoms with van der Waals surface area (Å²) in [5, 5.41) is 0. The van der Waals surface area contributed by atoms with E-state index < -0.39 is 0 Å². The maximum absolute atomic E-state index is 5.49. The Balaban J connectivity index is 2.33. The first-order chi connectivity index (χ1) is 9.52. The molecule has 20 heavy (non-hydrogen) atoms. The molecule has 0 saturated heterocycles. The normalized spacial score (nSPS) is 12.2. The van der Waals surface area contributed by atoms with Gasteiger partial charge in [0.1, 0.15) is 5.75 Å². The summed E-state index contributed by atoms with van der Waals surface area (Å²) in [5.41, 5.74) is 6.59. The van der Waals surface area contributed by atoms with Gasteiger partial charge in [-0.15, -0.1) is 0 Å². The largest absolute Gasteiger partial charge is 0.494 e. The van der Waals surface area contributed by atoms with Crippen molar-refractivity contribution in [3.8, 4) is 5.75 Å². The Morgan fingerprint density at radius 3 is 2.05 bits per heavy atom. The van der Waals surface area contributed by atoms with E-state index in [-0.39, 0.29) is 4.83 Å². The fourth-order valence-corrected chi connectivity index (χ4v) is 3.68. The summed E-state index contributed by atoms with van der Waals surface area (Å²) >= 11 is 3.84. The lowest BCUT2D eigenvalue weighted by molar-refractivity contribution is 0.340. The van der Waals surface area contributed by atoms with Crippen LogP contribution in [0, 0.1) is 20.8 Å². The van der Waals surface area contributed by atoms with Crippen molar-refractivity contribution >= 4 is 15.9 Å². The maximum Gasteiger partial charge on any atom is 0.119 e. The molecule has 0 heterocycles. The smallest absolute Gasteiger partial charge is 0.119 e. The summed E-state index contributed by atoms with van der Waals surface area (Å²) < 4.78 is 5.49. The highest BCUT2D eigenvalue weighted by Gasteiger charge is 2.15. The number of alkyl halides is 1. The summed E-state index contributed by atoms with van der Waals surface area (Å²) in [7, 11) is 0. The molecule has 1 nitrogen and oxygen atoms in total. The van der Waals surface area contributed by atoms with Crippen LogP contribution in [0.1, 0.15) is 39.6 Å². The topological polar surface area (TPSA) is 9.23 Å². The fraction of sp³-hybridized carbons (Fsp3) is 0.333. The zero-order chi connectivity index (χ0) is 14.7. The van der Waals surface area contributed by atoms with E-state index in [1.807, 2.05) is 19.1 Å². The molecule has 1 atom stereocenters. The van der Waals surface area contributed by atoms with Crippen molar-refractivity contribution in [3.63, 3.8) is 0 Å². The van der Waals surface area contributed by atoms with E-state index in [4.69, 9.17) is 4.74 Å². The molecule has 0 saturated carbocycles. The Morgan fingerprint density at radius 1 is 1.00 bits per heavy atom. The van der Waals surface area contributed by atoms with Gasteiger partial charge >= 0.3 is 0 Å². The molecule has 2 heteroatoms. The molecule has 1 unspecified atom stereocenters. The van der Waals surface area contributed by atoms with Gasteiger partial charge in [-0.1, -0.05) is 45.8 Å². The Kier molecular flexibility index (Phi) is 4.87. The molecule has 0 fully saturated rings. The molecule has 0 N–H and O–H groups in total. The number of hydrogen-bond acceptors (Lipinski definition) is 1. The molecule has 0 bridgehead atoms. The van der Waals surface area contributed by atoms with Gasteiger partial charge in [-0.3, -0.25) is 0 Å². The summed E-state index contributed by atoms with van der Waals surface area (Å²) in [5.74, 6) is 0.924. The second-order valence-electron chi connectivity index (χ2n) is 5.18. The van der Waals surface area contributed by atoms with Gasteiger partial charge in [0.15, 0.2) is 0 Å². The van der Waals surface area contributed by atoms with Crippen LogP contribution < -0.4 is 4.74 Å². The Morgan fingerprint density at radius 2 is 1.55 bits per heavy atom. The Hall–Kier alpha value is -1.28. The second-order valence-corrected chi connectivity index (χ2v) is 6.09. The van der Waals surface area contributed by atoms with Crippen LogP contribution in [0.2, 0.25) is 0 Å². The first-order valence-corrected chi connectivity index (χ1v) is 7.89. The first-order valence-electron chi connectivity index (χ1n) is 6.97. The van der Waals surface area contributed by atoms with Crippen molar-refractivity contribution in [2.45, 2.75) is 32.5 Å². The molecule has 106 valence electrons. The molecular weight excluding hydrogens is 312 g/mol.